The molecule has 8 heteroatoms. The highest BCUT2D eigenvalue weighted by Gasteiger charge is 2.36. The maximum atomic E-state index is 13.9. The van der Waals surface area contributed by atoms with Crippen LogP contribution in [-0.2, 0) is 17.0 Å². The number of likely N-dealkylation sites (tertiary alicyclic amines) is 1. The molecule has 1 aliphatic rings. The van der Waals surface area contributed by atoms with E-state index in [0.717, 1.165) is 29.7 Å². The van der Waals surface area contributed by atoms with Crippen LogP contribution in [0.15, 0.2) is 47.5 Å². The Morgan fingerprint density at radius 2 is 1.94 bits per heavy atom. The zero-order valence-corrected chi connectivity index (χ0v) is 20.2. The highest BCUT2D eigenvalue weighted by atomic mass is 32.2. The SMILES string of the molecule is COc1ccc(CS[C@@H]2C[C@@H](/C=N/Cc3cc(F)ccc3F)N(C(=O)OC(C)(C)C)C2)cc1. The number of carbonyl (C=O) groups excluding carboxylic acids is 1. The Kier molecular flexibility index (Phi) is 8.35. The molecular formula is C25H30F2N2O3S. The van der Waals surface area contributed by atoms with Crippen LogP contribution in [0.3, 0.4) is 0 Å². The normalized spacial score (nSPS) is 18.7. The lowest BCUT2D eigenvalue weighted by Crippen LogP contribution is -2.40. The molecule has 0 N–H and O–H groups in total. The Bertz CT molecular complexity index is 977. The Labute approximate surface area is 198 Å². The monoisotopic (exact) mass is 476 g/mol. The van der Waals surface area contributed by atoms with E-state index in [1.165, 1.54) is 5.56 Å². The number of ether oxygens (including phenoxy) is 2. The maximum absolute atomic E-state index is 13.9. The van der Waals surface area contributed by atoms with E-state index in [1.54, 1.807) is 30.0 Å². The molecule has 0 unspecified atom stereocenters. The van der Waals surface area contributed by atoms with Gasteiger partial charge in [-0.2, -0.15) is 11.8 Å². The molecule has 0 aromatic heterocycles. The molecular weight excluding hydrogens is 446 g/mol. The predicted molar refractivity (Wildman–Crippen MR) is 128 cm³/mol. The third-order valence-electron chi connectivity index (χ3n) is 5.12. The number of hydrogen-bond acceptors (Lipinski definition) is 5. The average Bonchev–Trinajstić information content (AvgIpc) is 3.17. The lowest BCUT2D eigenvalue weighted by Gasteiger charge is -2.27. The van der Waals surface area contributed by atoms with Gasteiger partial charge < -0.3 is 9.47 Å². The maximum Gasteiger partial charge on any atom is 0.410 e. The molecule has 0 radical (unpaired) electrons. The summed E-state index contributed by atoms with van der Waals surface area (Å²) in [5, 5.41) is 0.196. The molecule has 1 amide bonds. The Morgan fingerprint density at radius 1 is 1.21 bits per heavy atom. The molecule has 0 spiro atoms. The van der Waals surface area contributed by atoms with Gasteiger partial charge in [0.05, 0.1) is 19.7 Å². The molecule has 0 bridgehead atoms. The van der Waals surface area contributed by atoms with Crippen molar-refractivity contribution in [3.05, 3.63) is 65.2 Å². The minimum absolute atomic E-state index is 0.00586. The van der Waals surface area contributed by atoms with E-state index in [0.29, 0.717) is 13.0 Å². The predicted octanol–water partition coefficient (Wildman–Crippen LogP) is 5.86. The Balaban J connectivity index is 1.66. The molecule has 2 aromatic rings. The van der Waals surface area contributed by atoms with Crippen molar-refractivity contribution in [2.75, 3.05) is 13.7 Å². The van der Waals surface area contributed by atoms with Gasteiger partial charge in [0.1, 0.15) is 23.0 Å². The van der Waals surface area contributed by atoms with Gasteiger partial charge in [0.25, 0.3) is 0 Å². The third-order valence-corrected chi connectivity index (χ3v) is 6.44. The van der Waals surface area contributed by atoms with Crippen LogP contribution in [0.1, 0.15) is 38.3 Å². The van der Waals surface area contributed by atoms with Gasteiger partial charge in [-0.1, -0.05) is 12.1 Å². The summed E-state index contributed by atoms with van der Waals surface area (Å²) in [5.74, 6) is 0.603. The first kappa shape index (κ1) is 25.0. The van der Waals surface area contributed by atoms with Crippen molar-refractivity contribution in [3.63, 3.8) is 0 Å². The number of hydrogen-bond donors (Lipinski definition) is 0. The molecule has 3 rings (SSSR count). The number of benzene rings is 2. The van der Waals surface area contributed by atoms with Crippen LogP contribution in [0.4, 0.5) is 13.6 Å². The fourth-order valence-electron chi connectivity index (χ4n) is 3.49. The van der Waals surface area contributed by atoms with Gasteiger partial charge in [-0.25, -0.2) is 13.6 Å². The first-order valence-corrected chi connectivity index (χ1v) is 11.9. The summed E-state index contributed by atoms with van der Waals surface area (Å²) in [6, 6.07) is 10.9. The Hall–Kier alpha value is -2.61. The molecule has 1 aliphatic heterocycles. The van der Waals surface area contributed by atoms with Crippen LogP contribution < -0.4 is 4.74 Å². The van der Waals surface area contributed by atoms with E-state index in [4.69, 9.17) is 9.47 Å². The molecule has 1 saturated heterocycles. The lowest BCUT2D eigenvalue weighted by atomic mass is 10.2. The van der Waals surface area contributed by atoms with Crippen molar-refractivity contribution in [3.8, 4) is 5.75 Å². The van der Waals surface area contributed by atoms with E-state index >= 15 is 0 Å². The largest absolute Gasteiger partial charge is 0.497 e. The van der Waals surface area contributed by atoms with Gasteiger partial charge in [-0.05, 0) is 63.1 Å². The molecule has 33 heavy (non-hydrogen) atoms. The fourth-order valence-corrected chi connectivity index (χ4v) is 4.71. The quantitative estimate of drug-likeness (QED) is 0.470. The number of carbonyl (C=O) groups is 1. The third kappa shape index (κ3) is 7.45. The summed E-state index contributed by atoms with van der Waals surface area (Å²) < 4.78 is 38.1. The fraction of sp³-hybridized carbons (Fsp3) is 0.440. The zero-order chi connectivity index (χ0) is 24.0. The van der Waals surface area contributed by atoms with Gasteiger partial charge in [0, 0.05) is 29.3 Å². The van der Waals surface area contributed by atoms with E-state index in [9.17, 15) is 13.6 Å². The lowest BCUT2D eigenvalue weighted by molar-refractivity contribution is 0.0269. The summed E-state index contributed by atoms with van der Waals surface area (Å²) in [5.41, 5.74) is 0.736. The number of thioether (sulfide) groups is 1. The molecule has 1 fully saturated rings. The minimum Gasteiger partial charge on any atom is -0.497 e. The number of rotatable bonds is 7. The zero-order valence-electron chi connectivity index (χ0n) is 19.4. The van der Waals surface area contributed by atoms with Crippen molar-refractivity contribution < 1.29 is 23.0 Å². The van der Waals surface area contributed by atoms with Crippen molar-refractivity contribution in [1.82, 2.24) is 4.90 Å². The van der Waals surface area contributed by atoms with Crippen LogP contribution >= 0.6 is 11.8 Å². The molecule has 2 atom stereocenters. The highest BCUT2D eigenvalue weighted by Crippen LogP contribution is 2.31. The summed E-state index contributed by atoms with van der Waals surface area (Å²) >= 11 is 1.77. The summed E-state index contributed by atoms with van der Waals surface area (Å²) in [6.45, 7) is 6.01. The van der Waals surface area contributed by atoms with Crippen LogP contribution in [0.2, 0.25) is 0 Å². The van der Waals surface area contributed by atoms with Gasteiger partial charge in [-0.15, -0.1) is 0 Å². The molecule has 5 nitrogen and oxygen atoms in total. The second-order valence-corrected chi connectivity index (χ2v) is 10.2. The average molecular weight is 477 g/mol. The molecule has 1 heterocycles. The van der Waals surface area contributed by atoms with Gasteiger partial charge in [0.15, 0.2) is 0 Å². The standard InChI is InChI=1S/C25H30F2N2O3S/c1-25(2,3)32-24(30)29-15-22(33-16-17-5-8-21(31-4)9-6-17)12-20(29)14-28-13-18-11-19(26)7-10-23(18)27/h5-11,14,20,22H,12-13,15-16H2,1-4H3/b28-14+/t20-,22+/m0/s1. The van der Waals surface area contributed by atoms with Crippen molar-refractivity contribution in [2.24, 2.45) is 4.99 Å². The molecule has 0 saturated carbocycles. The van der Waals surface area contributed by atoms with E-state index in [1.807, 2.05) is 45.0 Å². The van der Waals surface area contributed by atoms with Crippen molar-refractivity contribution >= 4 is 24.1 Å². The molecule has 0 aliphatic carbocycles. The summed E-state index contributed by atoms with van der Waals surface area (Å²) in [6.07, 6.45) is 1.96. The van der Waals surface area contributed by atoms with Gasteiger partial charge in [-0.3, -0.25) is 9.89 Å². The highest BCUT2D eigenvalue weighted by molar-refractivity contribution is 7.99. The number of nitrogens with zero attached hydrogens (tertiary/aromatic N) is 2. The van der Waals surface area contributed by atoms with E-state index in [-0.39, 0.29) is 23.4 Å². The van der Waals surface area contributed by atoms with Crippen LogP contribution in [0.25, 0.3) is 0 Å². The number of aliphatic imine (C=N–C) groups is 1. The summed E-state index contributed by atoms with van der Waals surface area (Å²) in [7, 11) is 1.64. The topological polar surface area (TPSA) is 51.1 Å². The van der Waals surface area contributed by atoms with E-state index in [2.05, 4.69) is 4.99 Å². The number of halogens is 2. The first-order valence-electron chi connectivity index (χ1n) is 10.8. The van der Waals surface area contributed by atoms with Crippen LogP contribution in [-0.4, -0.2) is 47.8 Å². The smallest absolute Gasteiger partial charge is 0.410 e. The Morgan fingerprint density at radius 3 is 2.61 bits per heavy atom. The van der Waals surface area contributed by atoms with Crippen LogP contribution in [0.5, 0.6) is 5.75 Å². The molecule has 178 valence electrons. The van der Waals surface area contributed by atoms with Gasteiger partial charge >= 0.3 is 6.09 Å². The summed E-state index contributed by atoms with van der Waals surface area (Å²) in [4.78, 5) is 18.8. The van der Waals surface area contributed by atoms with E-state index < -0.39 is 23.3 Å². The number of methoxy groups -OCH3 is 1. The van der Waals surface area contributed by atoms with Crippen molar-refractivity contribution in [1.29, 1.82) is 0 Å². The first-order chi connectivity index (χ1) is 15.6. The second kappa shape index (κ2) is 11.0. The second-order valence-electron chi connectivity index (χ2n) is 8.94. The molecule has 2 aromatic carbocycles. The number of amides is 1. The van der Waals surface area contributed by atoms with Gasteiger partial charge in [0.2, 0.25) is 0 Å². The van der Waals surface area contributed by atoms with Crippen LogP contribution in [0, 0.1) is 11.6 Å². The minimum atomic E-state index is -0.613. The van der Waals surface area contributed by atoms with Crippen molar-refractivity contribution in [2.45, 2.75) is 56.4 Å².